The summed E-state index contributed by atoms with van der Waals surface area (Å²) in [6.45, 7) is 4.74. The third-order valence-electron chi connectivity index (χ3n) is 8.65. The first-order valence-corrected chi connectivity index (χ1v) is 15.0. The molecule has 1 aliphatic rings. The summed E-state index contributed by atoms with van der Waals surface area (Å²) in [5.41, 5.74) is 11.4. The summed E-state index contributed by atoms with van der Waals surface area (Å²) >= 11 is 1.87. The SMILES string of the molecule is CC1(C)c2ccccc2-c2cccc(N(c3ccccc3)c3ccccc3-c3cccc4sc5ccccc5c34)c21. The number of nitrogens with zero attached hydrogens (tertiary/aromatic N) is 1. The molecule has 0 aliphatic heterocycles. The van der Waals surface area contributed by atoms with Gasteiger partial charge in [0.05, 0.1) is 11.4 Å². The molecule has 196 valence electrons. The van der Waals surface area contributed by atoms with Crippen molar-refractivity contribution >= 4 is 48.6 Å². The Morgan fingerprint density at radius 1 is 0.488 bits per heavy atom. The van der Waals surface area contributed by atoms with Gasteiger partial charge >= 0.3 is 0 Å². The van der Waals surface area contributed by atoms with Gasteiger partial charge in [0.2, 0.25) is 0 Å². The summed E-state index contributed by atoms with van der Waals surface area (Å²) < 4.78 is 2.65. The Morgan fingerprint density at radius 2 is 1.10 bits per heavy atom. The molecule has 41 heavy (non-hydrogen) atoms. The monoisotopic (exact) mass is 543 g/mol. The predicted molar refractivity (Wildman–Crippen MR) is 177 cm³/mol. The van der Waals surface area contributed by atoms with E-state index in [0.717, 1.165) is 5.69 Å². The van der Waals surface area contributed by atoms with Gasteiger partial charge in [0.15, 0.2) is 0 Å². The van der Waals surface area contributed by atoms with E-state index < -0.39 is 0 Å². The van der Waals surface area contributed by atoms with Crippen LogP contribution >= 0.6 is 11.3 Å². The van der Waals surface area contributed by atoms with Crippen molar-refractivity contribution < 1.29 is 0 Å². The van der Waals surface area contributed by atoms with Gasteiger partial charge in [-0.3, -0.25) is 0 Å². The lowest BCUT2D eigenvalue weighted by Crippen LogP contribution is -2.21. The summed E-state index contributed by atoms with van der Waals surface area (Å²) in [5, 5.41) is 2.65. The topological polar surface area (TPSA) is 3.24 Å². The molecule has 0 fully saturated rings. The standard InChI is InChI=1S/C39H29NS/c1-39(2)32-21-9-6-16-27(32)30-20-12-23-34(38(30)39)40(26-14-4-3-5-15-26)33-22-10-7-17-28(33)29-19-13-25-36-37(29)31-18-8-11-24-35(31)41-36/h3-25H,1-2H3. The average molecular weight is 544 g/mol. The van der Waals surface area contributed by atoms with Crippen LogP contribution in [0, 0.1) is 0 Å². The molecule has 0 spiro atoms. The molecule has 0 unspecified atom stereocenters. The highest BCUT2D eigenvalue weighted by molar-refractivity contribution is 7.25. The Morgan fingerprint density at radius 3 is 1.98 bits per heavy atom. The van der Waals surface area contributed by atoms with E-state index in [4.69, 9.17) is 0 Å². The van der Waals surface area contributed by atoms with Crippen LogP contribution in [0.25, 0.3) is 42.4 Å². The third-order valence-corrected chi connectivity index (χ3v) is 9.79. The zero-order chi connectivity index (χ0) is 27.6. The maximum Gasteiger partial charge on any atom is 0.0540 e. The second-order valence-corrected chi connectivity index (χ2v) is 12.4. The molecule has 0 atom stereocenters. The first kappa shape index (κ1) is 24.2. The highest BCUT2D eigenvalue weighted by Gasteiger charge is 2.38. The highest BCUT2D eigenvalue weighted by atomic mass is 32.1. The third kappa shape index (κ3) is 3.61. The van der Waals surface area contributed by atoms with Gasteiger partial charge in [-0.15, -0.1) is 11.3 Å². The van der Waals surface area contributed by atoms with E-state index >= 15 is 0 Å². The van der Waals surface area contributed by atoms with Gasteiger partial charge < -0.3 is 4.90 Å². The molecular weight excluding hydrogens is 515 g/mol. The second kappa shape index (κ2) is 9.19. The quantitative estimate of drug-likeness (QED) is 0.213. The van der Waals surface area contributed by atoms with Crippen LogP contribution in [-0.4, -0.2) is 0 Å². The molecule has 1 heterocycles. The first-order chi connectivity index (χ1) is 20.1. The van der Waals surface area contributed by atoms with Crippen LogP contribution in [0.2, 0.25) is 0 Å². The number of benzene rings is 6. The largest absolute Gasteiger partial charge is 0.310 e. The molecule has 1 aliphatic carbocycles. The molecule has 0 amide bonds. The lowest BCUT2D eigenvalue weighted by atomic mass is 9.81. The van der Waals surface area contributed by atoms with Crippen molar-refractivity contribution in [2.24, 2.45) is 0 Å². The fourth-order valence-electron chi connectivity index (χ4n) is 6.89. The summed E-state index contributed by atoms with van der Waals surface area (Å²) in [7, 11) is 0. The predicted octanol–water partition coefficient (Wildman–Crippen LogP) is 11.5. The van der Waals surface area contributed by atoms with E-state index in [-0.39, 0.29) is 5.41 Å². The number of hydrogen-bond donors (Lipinski definition) is 0. The van der Waals surface area contributed by atoms with Crippen LogP contribution in [0.15, 0.2) is 140 Å². The van der Waals surface area contributed by atoms with E-state index in [1.54, 1.807) is 0 Å². The lowest BCUT2D eigenvalue weighted by molar-refractivity contribution is 0.661. The van der Waals surface area contributed by atoms with Crippen molar-refractivity contribution in [2.75, 3.05) is 4.90 Å². The number of rotatable bonds is 4. The zero-order valence-corrected chi connectivity index (χ0v) is 24.0. The molecule has 1 aromatic heterocycles. The summed E-state index contributed by atoms with van der Waals surface area (Å²) in [6.07, 6.45) is 0. The van der Waals surface area contributed by atoms with Gasteiger partial charge in [0.25, 0.3) is 0 Å². The van der Waals surface area contributed by atoms with Crippen LogP contribution in [-0.2, 0) is 5.41 Å². The number of fused-ring (bicyclic) bond motifs is 6. The highest BCUT2D eigenvalue weighted by Crippen LogP contribution is 2.55. The van der Waals surface area contributed by atoms with E-state index in [0.29, 0.717) is 0 Å². The minimum atomic E-state index is -0.131. The molecule has 7 aromatic rings. The second-order valence-electron chi connectivity index (χ2n) is 11.3. The Kier molecular flexibility index (Phi) is 5.42. The Labute approximate surface area is 245 Å². The van der Waals surface area contributed by atoms with E-state index in [2.05, 4.69) is 158 Å². The van der Waals surface area contributed by atoms with Crippen LogP contribution in [0.1, 0.15) is 25.0 Å². The average Bonchev–Trinajstić information content (AvgIpc) is 3.51. The van der Waals surface area contributed by atoms with Crippen molar-refractivity contribution in [1.29, 1.82) is 0 Å². The van der Waals surface area contributed by atoms with Crippen molar-refractivity contribution in [3.63, 3.8) is 0 Å². The summed E-state index contributed by atoms with van der Waals surface area (Å²) in [4.78, 5) is 2.48. The van der Waals surface area contributed by atoms with E-state index in [1.807, 2.05) is 11.3 Å². The number of para-hydroxylation sites is 2. The maximum absolute atomic E-state index is 2.48. The van der Waals surface area contributed by atoms with E-state index in [1.165, 1.54) is 64.9 Å². The maximum atomic E-state index is 2.48. The minimum absolute atomic E-state index is 0.131. The molecule has 0 saturated heterocycles. The smallest absolute Gasteiger partial charge is 0.0540 e. The molecule has 0 saturated carbocycles. The van der Waals surface area contributed by atoms with Gasteiger partial charge in [-0.1, -0.05) is 117 Å². The Hall–Kier alpha value is -4.66. The fraction of sp³-hybridized carbons (Fsp3) is 0.0769. The van der Waals surface area contributed by atoms with Gasteiger partial charge in [-0.25, -0.2) is 0 Å². The van der Waals surface area contributed by atoms with Crippen molar-refractivity contribution in [3.8, 4) is 22.3 Å². The molecule has 0 N–H and O–H groups in total. The molecule has 6 aromatic carbocycles. The normalized spacial score (nSPS) is 13.3. The van der Waals surface area contributed by atoms with Crippen LogP contribution in [0.4, 0.5) is 17.1 Å². The molecule has 8 rings (SSSR count). The van der Waals surface area contributed by atoms with Crippen molar-refractivity contribution in [1.82, 2.24) is 0 Å². The van der Waals surface area contributed by atoms with Gasteiger partial charge in [0, 0.05) is 36.8 Å². The van der Waals surface area contributed by atoms with Crippen LogP contribution in [0.3, 0.4) is 0 Å². The Bertz CT molecular complexity index is 2080. The number of hydrogen-bond acceptors (Lipinski definition) is 2. The van der Waals surface area contributed by atoms with Gasteiger partial charge in [-0.2, -0.15) is 0 Å². The van der Waals surface area contributed by atoms with Gasteiger partial charge in [0.1, 0.15) is 0 Å². The first-order valence-electron chi connectivity index (χ1n) is 14.2. The van der Waals surface area contributed by atoms with Crippen molar-refractivity contribution in [2.45, 2.75) is 19.3 Å². The summed E-state index contributed by atoms with van der Waals surface area (Å²) in [6, 6.07) is 51.0. The fourth-order valence-corrected chi connectivity index (χ4v) is 8.02. The minimum Gasteiger partial charge on any atom is -0.310 e. The van der Waals surface area contributed by atoms with Crippen LogP contribution in [0.5, 0.6) is 0 Å². The van der Waals surface area contributed by atoms with Gasteiger partial charge in [-0.05, 0) is 64.2 Å². The lowest BCUT2D eigenvalue weighted by Gasteiger charge is -2.33. The molecular formula is C39H29NS. The number of anilines is 3. The Balaban J connectivity index is 1.43. The van der Waals surface area contributed by atoms with Crippen molar-refractivity contribution in [3.05, 3.63) is 151 Å². The molecule has 0 bridgehead atoms. The number of thiophene rings is 1. The molecule has 1 nitrogen and oxygen atoms in total. The summed E-state index contributed by atoms with van der Waals surface area (Å²) in [5.74, 6) is 0. The molecule has 2 heteroatoms. The zero-order valence-electron chi connectivity index (χ0n) is 23.1. The molecule has 0 radical (unpaired) electrons. The van der Waals surface area contributed by atoms with E-state index in [9.17, 15) is 0 Å². The van der Waals surface area contributed by atoms with Crippen LogP contribution < -0.4 is 4.90 Å².